The number of unbranched alkanes of at least 4 members (excludes halogenated alkanes) is 43. The fraction of sp³-hybridized carbons (Fsp3) is 0.734. The van der Waals surface area contributed by atoms with Gasteiger partial charge in [-0.05, 0) is 116 Å². The minimum Gasteiger partial charge on any atom is -0.545 e. The van der Waals surface area contributed by atoms with Crippen LogP contribution < -0.4 is 5.11 Å². The fourth-order valence-corrected chi connectivity index (χ4v) is 12.3. The van der Waals surface area contributed by atoms with Crippen molar-refractivity contribution < 1.29 is 42.9 Å². The van der Waals surface area contributed by atoms with Gasteiger partial charge >= 0.3 is 11.9 Å². The predicted molar refractivity (Wildman–Crippen MR) is 444 cm³/mol. The van der Waals surface area contributed by atoms with E-state index in [0.717, 1.165) is 109 Å². The van der Waals surface area contributed by atoms with Gasteiger partial charge in [-0.3, -0.25) is 9.59 Å². The van der Waals surface area contributed by atoms with Gasteiger partial charge in [0.2, 0.25) is 0 Å². The van der Waals surface area contributed by atoms with Gasteiger partial charge in [0.25, 0.3) is 0 Å². The van der Waals surface area contributed by atoms with Crippen molar-refractivity contribution in [2.75, 3.05) is 47.5 Å². The molecule has 0 radical (unpaired) electrons. The zero-order valence-corrected chi connectivity index (χ0v) is 67.9. The Labute approximate surface area is 637 Å². The summed E-state index contributed by atoms with van der Waals surface area (Å²) in [6.45, 7) is 4.65. The number of esters is 2. The molecule has 0 bridgehead atoms. The largest absolute Gasteiger partial charge is 0.545 e. The van der Waals surface area contributed by atoms with Crippen LogP contribution in [0.3, 0.4) is 0 Å². The quantitative estimate of drug-likeness (QED) is 0.0195. The second kappa shape index (κ2) is 83.1. The van der Waals surface area contributed by atoms with E-state index < -0.39 is 24.3 Å². The number of quaternary nitrogens is 1. The molecule has 0 amide bonds. The number of aliphatic carboxylic acids is 1. The Bertz CT molecular complexity index is 2170. The van der Waals surface area contributed by atoms with Crippen LogP contribution in [0.5, 0.6) is 0 Å². The van der Waals surface area contributed by atoms with Crippen LogP contribution in [0, 0.1) is 0 Å². The molecular formula is C94H163NO8. The minimum atomic E-state index is -1.63. The van der Waals surface area contributed by atoms with E-state index in [4.69, 9.17) is 18.9 Å². The van der Waals surface area contributed by atoms with Gasteiger partial charge in [0.15, 0.2) is 12.4 Å². The molecule has 9 nitrogen and oxygen atoms in total. The fourth-order valence-electron chi connectivity index (χ4n) is 12.3. The van der Waals surface area contributed by atoms with Gasteiger partial charge in [-0.2, -0.15) is 0 Å². The van der Waals surface area contributed by atoms with E-state index in [-0.39, 0.29) is 38.6 Å². The van der Waals surface area contributed by atoms with Crippen molar-refractivity contribution in [3.8, 4) is 0 Å². The van der Waals surface area contributed by atoms with Crippen molar-refractivity contribution in [1.82, 2.24) is 0 Å². The highest BCUT2D eigenvalue weighted by Gasteiger charge is 2.22. The first kappa shape index (κ1) is 98.4. The SMILES string of the molecule is CC/C=C\C/C=C\C/C=C\C/C=C\C/C=C\C/C=C\C/C=C\C/C=C\C/C=C\CCCCCCCCCCCC(=O)OC(COC(=O)CCCCCCCCCCCCCCCCCCCCCCCCCCCCCCC/C=C\C/C=C\CCCCCCC)COC(OCC[N+](C)(C)C)C(=O)[O-]. The molecule has 0 aromatic carbocycles. The van der Waals surface area contributed by atoms with Gasteiger partial charge in [0.05, 0.1) is 40.3 Å². The smallest absolute Gasteiger partial charge is 0.306 e. The van der Waals surface area contributed by atoms with Crippen LogP contribution in [0.15, 0.2) is 134 Å². The third kappa shape index (κ3) is 84.6. The molecule has 0 aliphatic rings. The van der Waals surface area contributed by atoms with E-state index in [1.807, 2.05) is 21.1 Å². The van der Waals surface area contributed by atoms with Gasteiger partial charge in [-0.15, -0.1) is 0 Å². The van der Waals surface area contributed by atoms with Crippen molar-refractivity contribution in [3.05, 3.63) is 134 Å². The molecule has 0 spiro atoms. The van der Waals surface area contributed by atoms with Gasteiger partial charge in [0, 0.05) is 12.8 Å². The van der Waals surface area contributed by atoms with Crippen molar-refractivity contribution in [2.45, 2.75) is 399 Å². The van der Waals surface area contributed by atoms with Gasteiger partial charge in [-0.25, -0.2) is 0 Å². The first-order valence-corrected chi connectivity index (χ1v) is 43.3. The van der Waals surface area contributed by atoms with Crippen LogP contribution in [-0.4, -0.2) is 82.3 Å². The average molecular weight is 1440 g/mol. The predicted octanol–water partition coefficient (Wildman–Crippen LogP) is 27.0. The summed E-state index contributed by atoms with van der Waals surface area (Å²) in [5.74, 6) is -2.28. The summed E-state index contributed by atoms with van der Waals surface area (Å²) >= 11 is 0. The highest BCUT2D eigenvalue weighted by molar-refractivity contribution is 5.70. The third-order valence-corrected chi connectivity index (χ3v) is 18.9. The Kier molecular flexibility index (Phi) is 79.4. The number of hydrogen-bond donors (Lipinski definition) is 0. The van der Waals surface area contributed by atoms with Gasteiger partial charge in [0.1, 0.15) is 13.2 Å². The first-order valence-electron chi connectivity index (χ1n) is 43.3. The zero-order valence-electron chi connectivity index (χ0n) is 67.9. The minimum absolute atomic E-state index is 0.143. The second-order valence-electron chi connectivity index (χ2n) is 30.1. The molecule has 103 heavy (non-hydrogen) atoms. The number of carboxylic acids is 1. The maximum atomic E-state index is 13.0. The Morgan fingerprint density at radius 3 is 0.825 bits per heavy atom. The zero-order chi connectivity index (χ0) is 74.6. The lowest BCUT2D eigenvalue weighted by molar-refractivity contribution is -0.870. The van der Waals surface area contributed by atoms with E-state index in [9.17, 15) is 19.5 Å². The summed E-state index contributed by atoms with van der Waals surface area (Å²) in [5.41, 5.74) is 0. The number of ether oxygens (including phenoxy) is 4. The molecule has 0 saturated heterocycles. The van der Waals surface area contributed by atoms with Crippen LogP contribution >= 0.6 is 0 Å². The first-order chi connectivity index (χ1) is 50.6. The summed E-state index contributed by atoms with van der Waals surface area (Å²) in [7, 11) is 5.94. The maximum Gasteiger partial charge on any atom is 0.306 e. The van der Waals surface area contributed by atoms with Crippen LogP contribution in [0.25, 0.3) is 0 Å². The molecule has 0 aliphatic carbocycles. The van der Waals surface area contributed by atoms with Crippen LogP contribution in [0.1, 0.15) is 386 Å². The van der Waals surface area contributed by atoms with Crippen molar-refractivity contribution in [1.29, 1.82) is 0 Å². The maximum absolute atomic E-state index is 13.0. The van der Waals surface area contributed by atoms with Crippen molar-refractivity contribution in [2.24, 2.45) is 0 Å². The molecule has 0 aromatic heterocycles. The third-order valence-electron chi connectivity index (χ3n) is 18.9. The van der Waals surface area contributed by atoms with E-state index in [1.54, 1.807) is 0 Å². The summed E-state index contributed by atoms with van der Waals surface area (Å²) in [5, 5.41) is 11.9. The highest BCUT2D eigenvalue weighted by atomic mass is 16.7. The Morgan fingerprint density at radius 2 is 0.553 bits per heavy atom. The van der Waals surface area contributed by atoms with E-state index >= 15 is 0 Å². The number of likely N-dealkylation sites (N-methyl/N-ethyl adjacent to an activating group) is 1. The molecule has 0 fully saturated rings. The number of allylic oxidation sites excluding steroid dienone is 22. The van der Waals surface area contributed by atoms with Crippen LogP contribution in [0.4, 0.5) is 0 Å². The summed E-state index contributed by atoms with van der Waals surface area (Å²) in [4.78, 5) is 37.7. The molecule has 0 heterocycles. The monoisotopic (exact) mass is 1430 g/mol. The normalized spacial score (nSPS) is 13.3. The highest BCUT2D eigenvalue weighted by Crippen LogP contribution is 2.19. The number of rotatable bonds is 80. The molecular weight excluding hydrogens is 1270 g/mol. The molecule has 0 rings (SSSR count). The number of carbonyl (C=O) groups is 3. The van der Waals surface area contributed by atoms with Gasteiger partial charge < -0.3 is 33.3 Å². The molecule has 0 N–H and O–H groups in total. The molecule has 0 saturated carbocycles. The number of hydrogen-bond acceptors (Lipinski definition) is 8. The molecule has 592 valence electrons. The lowest BCUT2D eigenvalue weighted by Gasteiger charge is -2.26. The Balaban J connectivity index is 4.00. The van der Waals surface area contributed by atoms with Crippen LogP contribution in [0.2, 0.25) is 0 Å². The lowest BCUT2D eigenvalue weighted by atomic mass is 10.0. The molecule has 0 aromatic rings. The van der Waals surface area contributed by atoms with Crippen molar-refractivity contribution in [3.63, 3.8) is 0 Å². The molecule has 0 aliphatic heterocycles. The summed E-state index contributed by atoms with van der Waals surface area (Å²) < 4.78 is 22.9. The van der Waals surface area contributed by atoms with Gasteiger partial charge in [-0.1, -0.05) is 392 Å². The average Bonchev–Trinajstić information content (AvgIpc) is 1.16. The summed E-state index contributed by atoms with van der Waals surface area (Å²) in [6, 6.07) is 0. The standard InChI is InChI=1S/C94H163NO8/c1-6-8-10-12-14-16-18-20-22-24-26-28-30-32-34-36-38-40-42-44-45-46-47-49-50-52-54-56-58-60-62-64-66-68-70-72-74-76-78-80-82-84-91(96)101-88-90(89-102-94(93(98)99)100-87-86-95(3,4)5)103-92(97)85-83-81-79-77-75-73-71-69-67-65-63-61-59-57-55-53-51-48-43-41-39-37-35-33-31-29-27-25-23-21-19-17-15-13-11-9-7-2/h9,11,15,17-18,20-21,23-24,26-27,29,33,35,39,41,48,51,55,57,61,63,90,94H,6-8,10,12-14,16,19,22,25,28,30-32,34,36-38,40,42-47,49-50,52-54,56,58-60,62,64-89H2,1-5H3/b11-9-,17-15-,20-18-,23-21-,26-24-,29-27-,35-33-,41-39-,51-48-,57-55-,63-61-. The number of nitrogens with zero attached hydrogens (tertiary/aromatic N) is 1. The Hall–Kier alpha value is -4.57. The second-order valence-corrected chi connectivity index (χ2v) is 30.1. The summed E-state index contributed by atoms with van der Waals surface area (Å²) in [6.07, 6.45) is 117. The lowest BCUT2D eigenvalue weighted by Crippen LogP contribution is -2.44. The van der Waals surface area contributed by atoms with E-state index in [0.29, 0.717) is 17.4 Å². The topological polar surface area (TPSA) is 111 Å². The Morgan fingerprint density at radius 1 is 0.301 bits per heavy atom. The number of carbonyl (C=O) groups excluding carboxylic acids is 3. The molecule has 2 atom stereocenters. The van der Waals surface area contributed by atoms with Crippen LogP contribution in [-0.2, 0) is 33.3 Å². The van der Waals surface area contributed by atoms with Crippen molar-refractivity contribution >= 4 is 17.9 Å². The van der Waals surface area contributed by atoms with E-state index in [1.165, 1.54) is 244 Å². The number of carboxylic acid groups (broad SMARTS) is 1. The van der Waals surface area contributed by atoms with E-state index in [2.05, 4.69) is 148 Å². The molecule has 2 unspecified atom stereocenters. The molecule has 9 heteroatoms.